The van der Waals surface area contributed by atoms with Crippen molar-refractivity contribution in [3.8, 4) is 0 Å². The minimum Gasteiger partial charge on any atom is -0.330 e. The predicted octanol–water partition coefficient (Wildman–Crippen LogP) is 1.84. The van der Waals surface area contributed by atoms with Crippen molar-refractivity contribution in [3.63, 3.8) is 0 Å². The van der Waals surface area contributed by atoms with Crippen LogP contribution in [0.1, 0.15) is 49.9 Å². The molecule has 1 aromatic heterocycles. The van der Waals surface area contributed by atoms with Gasteiger partial charge in [0.1, 0.15) is 0 Å². The maximum Gasteiger partial charge on any atom is 0.0525 e. The van der Waals surface area contributed by atoms with E-state index in [4.69, 9.17) is 5.73 Å². The highest BCUT2D eigenvalue weighted by Gasteiger charge is 2.30. The number of hydrogen-bond donors (Lipinski definition) is 1. The molecule has 1 aliphatic carbocycles. The summed E-state index contributed by atoms with van der Waals surface area (Å²) in [7, 11) is 0. The first-order valence-electron chi connectivity index (χ1n) is 5.50. The molecular weight excluding hydrogens is 174 g/mol. The van der Waals surface area contributed by atoms with Gasteiger partial charge in [-0.1, -0.05) is 0 Å². The molecule has 0 saturated heterocycles. The zero-order valence-corrected chi connectivity index (χ0v) is 9.03. The molecule has 2 N–H and O–H groups in total. The van der Waals surface area contributed by atoms with E-state index in [1.807, 2.05) is 6.20 Å². The molecule has 0 aliphatic heterocycles. The molecule has 3 nitrogen and oxygen atoms in total. The van der Waals surface area contributed by atoms with Crippen molar-refractivity contribution in [2.75, 3.05) is 6.54 Å². The smallest absolute Gasteiger partial charge is 0.0525 e. The van der Waals surface area contributed by atoms with Crippen molar-refractivity contribution in [3.05, 3.63) is 17.5 Å². The van der Waals surface area contributed by atoms with E-state index in [2.05, 4.69) is 23.6 Å². The van der Waals surface area contributed by atoms with Gasteiger partial charge in [-0.25, -0.2) is 0 Å². The summed E-state index contributed by atoms with van der Waals surface area (Å²) in [5.74, 6) is 0.765. The van der Waals surface area contributed by atoms with E-state index in [0.717, 1.165) is 18.9 Å². The van der Waals surface area contributed by atoms with Crippen LogP contribution in [0.2, 0.25) is 0 Å². The summed E-state index contributed by atoms with van der Waals surface area (Å²) in [6.07, 6.45) is 5.63. The number of nitrogens with zero attached hydrogens (tertiary/aromatic N) is 2. The molecule has 1 fully saturated rings. The minimum atomic E-state index is 0.470. The lowest BCUT2D eigenvalue weighted by atomic mass is 10.1. The van der Waals surface area contributed by atoms with Gasteiger partial charge in [-0.2, -0.15) is 5.10 Å². The Bertz CT molecular complexity index is 310. The highest BCUT2D eigenvalue weighted by Crippen LogP contribution is 2.42. The molecule has 0 spiro atoms. The molecule has 0 radical (unpaired) electrons. The maximum absolute atomic E-state index is 5.60. The van der Waals surface area contributed by atoms with Crippen molar-refractivity contribution in [1.82, 2.24) is 9.78 Å². The summed E-state index contributed by atoms with van der Waals surface area (Å²) >= 11 is 0. The van der Waals surface area contributed by atoms with Gasteiger partial charge in [0.15, 0.2) is 0 Å². The molecule has 0 unspecified atom stereocenters. The van der Waals surface area contributed by atoms with E-state index in [1.54, 1.807) is 0 Å². The zero-order valence-electron chi connectivity index (χ0n) is 9.03. The van der Waals surface area contributed by atoms with Crippen LogP contribution in [0.25, 0.3) is 0 Å². The summed E-state index contributed by atoms with van der Waals surface area (Å²) in [6, 6.07) is 0.470. The average molecular weight is 193 g/mol. The number of nitrogens with two attached hydrogens (primary N) is 1. The summed E-state index contributed by atoms with van der Waals surface area (Å²) in [5, 5.41) is 4.46. The Balaban J connectivity index is 2.31. The second-order valence-electron chi connectivity index (χ2n) is 4.41. The number of aromatic nitrogens is 2. The molecule has 1 heterocycles. The van der Waals surface area contributed by atoms with Crippen LogP contribution in [0.5, 0.6) is 0 Å². The summed E-state index contributed by atoms with van der Waals surface area (Å²) in [6.45, 7) is 5.10. The van der Waals surface area contributed by atoms with E-state index in [9.17, 15) is 0 Å². The van der Waals surface area contributed by atoms with E-state index in [1.165, 1.54) is 24.1 Å². The zero-order chi connectivity index (χ0) is 10.1. The van der Waals surface area contributed by atoms with Gasteiger partial charge in [-0.05, 0) is 45.2 Å². The van der Waals surface area contributed by atoms with Crippen LogP contribution in [0, 0.1) is 0 Å². The molecule has 1 saturated carbocycles. The summed E-state index contributed by atoms with van der Waals surface area (Å²) in [5.41, 5.74) is 8.41. The molecule has 1 aromatic rings. The third-order valence-electron chi connectivity index (χ3n) is 2.78. The SMILES string of the molecule is CC(C)n1ncc(CCN)c1C1CC1. The fourth-order valence-corrected chi connectivity index (χ4v) is 1.97. The molecule has 1 aliphatic rings. The van der Waals surface area contributed by atoms with Gasteiger partial charge in [0.25, 0.3) is 0 Å². The molecule has 0 aromatic carbocycles. The molecular formula is C11H19N3. The van der Waals surface area contributed by atoms with E-state index >= 15 is 0 Å². The van der Waals surface area contributed by atoms with Crippen molar-refractivity contribution in [2.24, 2.45) is 5.73 Å². The normalized spacial score (nSPS) is 16.6. The van der Waals surface area contributed by atoms with Crippen molar-refractivity contribution < 1.29 is 0 Å². The third-order valence-corrected chi connectivity index (χ3v) is 2.78. The monoisotopic (exact) mass is 193 g/mol. The molecule has 3 heteroatoms. The lowest BCUT2D eigenvalue weighted by molar-refractivity contribution is 0.508. The van der Waals surface area contributed by atoms with Crippen LogP contribution in [-0.4, -0.2) is 16.3 Å². The second-order valence-corrected chi connectivity index (χ2v) is 4.41. The Hall–Kier alpha value is -0.830. The largest absolute Gasteiger partial charge is 0.330 e. The standard InChI is InChI=1S/C11H19N3/c1-8(2)14-11(9-3-4-9)10(5-6-12)7-13-14/h7-9H,3-6,12H2,1-2H3. The van der Waals surface area contributed by atoms with Crippen molar-refractivity contribution >= 4 is 0 Å². The van der Waals surface area contributed by atoms with E-state index < -0.39 is 0 Å². The second kappa shape index (κ2) is 3.73. The summed E-state index contributed by atoms with van der Waals surface area (Å²) < 4.78 is 2.17. The summed E-state index contributed by atoms with van der Waals surface area (Å²) in [4.78, 5) is 0. The quantitative estimate of drug-likeness (QED) is 0.793. The molecule has 0 bridgehead atoms. The highest BCUT2D eigenvalue weighted by molar-refractivity contribution is 5.26. The Morgan fingerprint density at radius 3 is 2.79 bits per heavy atom. The van der Waals surface area contributed by atoms with E-state index in [-0.39, 0.29) is 0 Å². The van der Waals surface area contributed by atoms with E-state index in [0.29, 0.717) is 6.04 Å². The van der Waals surface area contributed by atoms with Gasteiger partial charge in [-0.15, -0.1) is 0 Å². The molecule has 78 valence electrons. The van der Waals surface area contributed by atoms with Gasteiger partial charge >= 0.3 is 0 Å². The maximum atomic E-state index is 5.60. The molecule has 14 heavy (non-hydrogen) atoms. The molecule has 0 amide bonds. The predicted molar refractivity (Wildman–Crippen MR) is 57.3 cm³/mol. The Kier molecular flexibility index (Phi) is 2.59. The first-order valence-corrected chi connectivity index (χ1v) is 5.50. The highest BCUT2D eigenvalue weighted by atomic mass is 15.3. The lowest BCUT2D eigenvalue weighted by Crippen LogP contribution is -2.09. The van der Waals surface area contributed by atoms with Gasteiger partial charge in [-0.3, -0.25) is 4.68 Å². The van der Waals surface area contributed by atoms with Crippen LogP contribution in [0.4, 0.5) is 0 Å². The molecule has 2 rings (SSSR count). The van der Waals surface area contributed by atoms with Crippen LogP contribution >= 0.6 is 0 Å². The third kappa shape index (κ3) is 1.69. The van der Waals surface area contributed by atoms with Gasteiger partial charge in [0, 0.05) is 17.7 Å². The fraction of sp³-hybridized carbons (Fsp3) is 0.727. The van der Waals surface area contributed by atoms with Gasteiger partial charge in [0.2, 0.25) is 0 Å². The van der Waals surface area contributed by atoms with Crippen molar-refractivity contribution in [2.45, 2.75) is 45.1 Å². The van der Waals surface area contributed by atoms with Gasteiger partial charge in [0.05, 0.1) is 6.20 Å². The van der Waals surface area contributed by atoms with Crippen LogP contribution < -0.4 is 5.73 Å². The Morgan fingerprint density at radius 1 is 1.57 bits per heavy atom. The lowest BCUT2D eigenvalue weighted by Gasteiger charge is -2.11. The van der Waals surface area contributed by atoms with Crippen LogP contribution in [0.15, 0.2) is 6.20 Å². The number of hydrogen-bond acceptors (Lipinski definition) is 2. The Labute approximate surface area is 85.3 Å². The number of rotatable bonds is 4. The topological polar surface area (TPSA) is 43.8 Å². The van der Waals surface area contributed by atoms with Crippen molar-refractivity contribution in [1.29, 1.82) is 0 Å². The average Bonchev–Trinajstić information content (AvgIpc) is 2.88. The molecule has 0 atom stereocenters. The first kappa shape index (κ1) is 9.71. The van der Waals surface area contributed by atoms with Crippen LogP contribution in [0.3, 0.4) is 0 Å². The Morgan fingerprint density at radius 2 is 2.29 bits per heavy atom. The van der Waals surface area contributed by atoms with Gasteiger partial charge < -0.3 is 5.73 Å². The first-order chi connectivity index (χ1) is 6.74. The minimum absolute atomic E-state index is 0.470. The van der Waals surface area contributed by atoms with Crippen LogP contribution in [-0.2, 0) is 6.42 Å². The fourth-order valence-electron chi connectivity index (χ4n) is 1.97.